The van der Waals surface area contributed by atoms with Crippen LogP contribution in [0.2, 0.25) is 0 Å². The summed E-state index contributed by atoms with van der Waals surface area (Å²) in [6, 6.07) is -2.03. The Morgan fingerprint density at radius 2 is 1.26 bits per heavy atom. The molecule has 2 rings (SSSR count). The van der Waals surface area contributed by atoms with Gasteiger partial charge in [0.15, 0.2) is 0 Å². The van der Waals surface area contributed by atoms with E-state index >= 15 is 0 Å². The molecule has 2 aliphatic heterocycles. The van der Waals surface area contributed by atoms with Gasteiger partial charge in [0.2, 0.25) is 35.4 Å². The monoisotopic (exact) mass is 1190 g/mol. The van der Waals surface area contributed by atoms with E-state index in [9.17, 15) is 28.8 Å². The summed E-state index contributed by atoms with van der Waals surface area (Å²) in [6.07, 6.45) is 4.23. The van der Waals surface area contributed by atoms with Crippen molar-refractivity contribution in [2.45, 2.75) is 92.7 Å². The minimum absolute atomic E-state index is 0.0000774. The van der Waals surface area contributed by atoms with Crippen molar-refractivity contribution in [2.75, 3.05) is 60.9 Å². The molecule has 304 valence electrons. The maximum atomic E-state index is 13.6. The fourth-order valence-electron chi connectivity index (χ4n) is 5.90. The SMILES string of the molecule is CNCC(C(=O)NC(CCSI)CSC)N1C(=O)CC(SCCC(CSC2CC(=O)N(C(CN)C(=O)NC(CCSI)CSI)C2=O)NC(C)C)C1=O. The summed E-state index contributed by atoms with van der Waals surface area (Å²) >= 11 is 11.1. The Labute approximate surface area is 376 Å². The fraction of sp³-hybridized carbons (Fsp3) is 0.806. The largest absolute Gasteiger partial charge is 0.351 e. The third-order valence-corrected chi connectivity index (χ3v) is 16.8. The number of carbonyl (C=O) groups excluding carboxylic acids is 6. The lowest BCUT2D eigenvalue weighted by Crippen LogP contribution is -2.56. The first kappa shape index (κ1) is 50.5. The second kappa shape index (κ2) is 28.0. The number of nitrogens with two attached hydrogens (primary N) is 1. The van der Waals surface area contributed by atoms with Crippen LogP contribution in [0.4, 0.5) is 0 Å². The molecule has 53 heavy (non-hydrogen) atoms. The van der Waals surface area contributed by atoms with E-state index in [1.807, 2.05) is 20.1 Å². The van der Waals surface area contributed by atoms with E-state index in [4.69, 9.17) is 5.73 Å². The highest BCUT2D eigenvalue weighted by atomic mass is 127. The average molecular weight is 1190 g/mol. The zero-order valence-electron chi connectivity index (χ0n) is 30.3. The maximum absolute atomic E-state index is 13.6. The Bertz CT molecular complexity index is 1220. The number of hydrogen-bond donors (Lipinski definition) is 5. The molecular weight excluding hydrogens is 1140 g/mol. The molecule has 0 radical (unpaired) electrons. The topological polar surface area (TPSA) is 183 Å². The molecule has 2 saturated heterocycles. The van der Waals surface area contributed by atoms with Gasteiger partial charge in [-0.1, -0.05) is 40.6 Å². The van der Waals surface area contributed by atoms with Crippen molar-refractivity contribution in [2.24, 2.45) is 5.73 Å². The van der Waals surface area contributed by atoms with E-state index in [1.54, 1.807) is 45.6 Å². The predicted octanol–water partition coefficient (Wildman–Crippen LogP) is 3.74. The number of nitrogens with zero attached hydrogens (tertiary/aromatic N) is 2. The highest BCUT2D eigenvalue weighted by Crippen LogP contribution is 2.31. The molecule has 0 spiro atoms. The lowest BCUT2D eigenvalue weighted by molar-refractivity contribution is -0.147. The molecule has 7 unspecified atom stereocenters. The van der Waals surface area contributed by atoms with E-state index < -0.39 is 40.3 Å². The van der Waals surface area contributed by atoms with Crippen LogP contribution in [0.3, 0.4) is 0 Å². The van der Waals surface area contributed by atoms with Gasteiger partial charge in [0.25, 0.3) is 0 Å². The summed E-state index contributed by atoms with van der Waals surface area (Å²) in [7, 11) is 6.62. The quantitative estimate of drug-likeness (QED) is 0.0564. The van der Waals surface area contributed by atoms with Crippen molar-refractivity contribution in [3.05, 3.63) is 0 Å². The number of hydrogen-bond acceptors (Lipinski definition) is 15. The summed E-state index contributed by atoms with van der Waals surface area (Å²) in [6.45, 7) is 4.06. The van der Waals surface area contributed by atoms with Gasteiger partial charge >= 0.3 is 0 Å². The van der Waals surface area contributed by atoms with E-state index in [0.717, 1.165) is 39.9 Å². The lowest BCUT2D eigenvalue weighted by atomic mass is 10.2. The molecule has 6 amide bonds. The number of rotatable bonds is 28. The number of likely N-dealkylation sites (N-methyl/N-ethyl adjacent to an activating group) is 1. The molecule has 2 heterocycles. The van der Waals surface area contributed by atoms with E-state index in [0.29, 0.717) is 23.7 Å². The first-order valence-corrected chi connectivity index (χ1v) is 31.3. The number of imide groups is 2. The second-order valence-electron chi connectivity index (χ2n) is 12.8. The van der Waals surface area contributed by atoms with Crippen molar-refractivity contribution in [1.29, 1.82) is 0 Å². The first-order valence-electron chi connectivity index (χ1n) is 17.2. The number of likely N-dealkylation sites (tertiary alicyclic amines) is 2. The van der Waals surface area contributed by atoms with Crippen molar-refractivity contribution in [3.8, 4) is 0 Å². The summed E-state index contributed by atoms with van der Waals surface area (Å²) < 4.78 is 0. The Morgan fingerprint density at radius 1 is 0.755 bits per heavy atom. The second-order valence-corrected chi connectivity index (χ2v) is 23.6. The molecule has 0 saturated carbocycles. The highest BCUT2D eigenvalue weighted by molar-refractivity contribution is 14.2. The van der Waals surface area contributed by atoms with Crippen LogP contribution in [0.5, 0.6) is 0 Å². The molecular formula is C31H52I3N7O6S6. The third-order valence-electron chi connectivity index (χ3n) is 8.40. The van der Waals surface area contributed by atoms with Gasteiger partial charge in [-0.2, -0.15) is 11.8 Å². The van der Waals surface area contributed by atoms with Crippen LogP contribution in [-0.2, 0) is 28.8 Å². The van der Waals surface area contributed by atoms with Gasteiger partial charge in [0.05, 0.1) is 10.5 Å². The summed E-state index contributed by atoms with van der Waals surface area (Å²) in [5, 5.41) is 11.4. The number of nitrogens with one attached hydrogen (secondary N) is 4. The Hall–Kier alpha value is 1.39. The molecule has 0 aromatic heterocycles. The van der Waals surface area contributed by atoms with Gasteiger partial charge in [-0.25, -0.2) is 0 Å². The zero-order valence-corrected chi connectivity index (χ0v) is 41.7. The van der Waals surface area contributed by atoms with Crippen LogP contribution in [0, 0.1) is 0 Å². The average Bonchev–Trinajstić information content (AvgIpc) is 3.55. The molecule has 0 aromatic rings. The molecule has 2 fully saturated rings. The van der Waals surface area contributed by atoms with Crippen LogP contribution in [0.15, 0.2) is 0 Å². The maximum Gasteiger partial charge on any atom is 0.244 e. The van der Waals surface area contributed by atoms with Crippen molar-refractivity contribution in [1.82, 2.24) is 31.1 Å². The summed E-state index contributed by atoms with van der Waals surface area (Å²) in [4.78, 5) is 82.2. The summed E-state index contributed by atoms with van der Waals surface area (Å²) in [5.41, 5.74) is 5.97. The zero-order chi connectivity index (χ0) is 39.5. The molecule has 2 aliphatic rings. The molecule has 6 N–H and O–H groups in total. The van der Waals surface area contributed by atoms with Crippen LogP contribution in [0.1, 0.15) is 46.0 Å². The molecule has 0 bridgehead atoms. The normalized spacial score (nSPS) is 20.6. The molecule has 0 aliphatic carbocycles. The Morgan fingerprint density at radius 3 is 1.75 bits per heavy atom. The van der Waals surface area contributed by atoms with Gasteiger partial charge in [0, 0.05) is 78.9 Å². The number of carbonyl (C=O) groups is 6. The first-order chi connectivity index (χ1) is 25.4. The van der Waals surface area contributed by atoms with Gasteiger partial charge < -0.3 is 27.0 Å². The highest BCUT2D eigenvalue weighted by Gasteiger charge is 2.46. The van der Waals surface area contributed by atoms with Crippen LogP contribution in [-0.4, -0.2) is 153 Å². The lowest BCUT2D eigenvalue weighted by Gasteiger charge is -2.28. The van der Waals surface area contributed by atoms with Gasteiger partial charge in [-0.05, 0) is 102 Å². The van der Waals surface area contributed by atoms with Gasteiger partial charge in [-0.15, -0.1) is 23.5 Å². The number of halogens is 3. The molecule has 13 nitrogen and oxygen atoms in total. The van der Waals surface area contributed by atoms with Crippen molar-refractivity contribution < 1.29 is 28.8 Å². The summed E-state index contributed by atoms with van der Waals surface area (Å²) in [5.74, 6) is 2.06. The molecule has 22 heteroatoms. The molecule has 7 atom stereocenters. The Kier molecular flexibility index (Phi) is 26.7. The third kappa shape index (κ3) is 16.9. The van der Waals surface area contributed by atoms with E-state index in [1.165, 1.54) is 23.5 Å². The standard InChI is InChI=1S/C31H52I3N7O6S6/c1-18(2)37-20(16-50-25-12-26(42)40(31(25)47)22(13-35)28(44)39-21(17-53-34)7-10-52-33)5-8-49-24-11-27(43)41(30(24)46)23(14-36-3)29(45)38-19(15-48-4)6-9-51-32/h18-25,36-37H,5-17,35H2,1-4H3,(H,38,45)(H,39,44). The predicted molar refractivity (Wildman–Crippen MR) is 254 cm³/mol. The molecule has 0 aromatic carbocycles. The smallest absolute Gasteiger partial charge is 0.244 e. The minimum Gasteiger partial charge on any atom is -0.351 e. The van der Waals surface area contributed by atoms with Crippen LogP contribution < -0.4 is 27.0 Å². The van der Waals surface area contributed by atoms with Crippen molar-refractivity contribution >= 4 is 161 Å². The van der Waals surface area contributed by atoms with Crippen LogP contribution in [0.25, 0.3) is 0 Å². The van der Waals surface area contributed by atoms with Gasteiger partial charge in [0.1, 0.15) is 12.1 Å². The Balaban J connectivity index is 2.01. The van der Waals surface area contributed by atoms with Crippen LogP contribution >= 0.6 is 126 Å². The van der Waals surface area contributed by atoms with Crippen molar-refractivity contribution in [3.63, 3.8) is 0 Å². The number of thioether (sulfide) groups is 3. The fourth-order valence-corrected chi connectivity index (χ4v) is 13.0. The van der Waals surface area contributed by atoms with E-state index in [2.05, 4.69) is 84.9 Å². The van der Waals surface area contributed by atoms with Gasteiger partial charge in [-0.3, -0.25) is 38.6 Å². The minimum atomic E-state index is -1.06. The number of amides is 6. The van der Waals surface area contributed by atoms with E-state index in [-0.39, 0.29) is 67.8 Å².